The topological polar surface area (TPSA) is 48.5 Å². The fourth-order valence-electron chi connectivity index (χ4n) is 3.93. The maximum Gasteiger partial charge on any atom is 0.119 e. The van der Waals surface area contributed by atoms with Gasteiger partial charge in [-0.25, -0.2) is 0 Å². The van der Waals surface area contributed by atoms with E-state index in [1.165, 1.54) is 22.1 Å². The van der Waals surface area contributed by atoms with E-state index in [1.807, 2.05) is 18.3 Å². The van der Waals surface area contributed by atoms with Crippen molar-refractivity contribution in [2.75, 3.05) is 19.7 Å². The minimum atomic E-state index is -0.798. The molecule has 4 heteroatoms. The highest BCUT2D eigenvalue weighted by atomic mass is 16.5. The number of hydrogen-bond acceptors (Lipinski definition) is 3. The molecule has 0 radical (unpaired) electrons. The van der Waals surface area contributed by atoms with Gasteiger partial charge in [-0.1, -0.05) is 18.2 Å². The van der Waals surface area contributed by atoms with E-state index in [0.717, 1.165) is 37.2 Å². The third-order valence-corrected chi connectivity index (χ3v) is 5.65. The number of likely N-dealkylation sites (tertiary alicyclic amines) is 1. The first-order valence-corrected chi connectivity index (χ1v) is 9.72. The third-order valence-electron chi connectivity index (χ3n) is 5.65. The molecule has 1 aliphatic rings. The molecule has 2 N–H and O–H groups in total. The summed E-state index contributed by atoms with van der Waals surface area (Å²) in [6, 6.07) is 14.7. The van der Waals surface area contributed by atoms with Gasteiger partial charge in [0, 0.05) is 24.8 Å². The van der Waals surface area contributed by atoms with E-state index in [2.05, 4.69) is 54.1 Å². The fourth-order valence-corrected chi connectivity index (χ4v) is 3.93. The quantitative estimate of drug-likeness (QED) is 0.714. The highest BCUT2D eigenvalue weighted by Gasteiger charge is 2.34. The summed E-state index contributed by atoms with van der Waals surface area (Å²) >= 11 is 0. The molecule has 0 aliphatic carbocycles. The number of aliphatic hydroxyl groups is 1. The van der Waals surface area contributed by atoms with Crippen molar-refractivity contribution in [2.45, 2.75) is 38.8 Å². The molecule has 1 saturated heterocycles. The van der Waals surface area contributed by atoms with E-state index in [0.29, 0.717) is 13.2 Å². The Hall–Kier alpha value is -2.30. The monoisotopic (exact) mass is 364 g/mol. The minimum Gasteiger partial charge on any atom is -0.491 e. The van der Waals surface area contributed by atoms with E-state index in [4.69, 9.17) is 4.74 Å². The van der Waals surface area contributed by atoms with Crippen molar-refractivity contribution in [1.82, 2.24) is 9.88 Å². The summed E-state index contributed by atoms with van der Waals surface area (Å²) in [6.07, 6.45) is 3.74. The molecule has 1 unspecified atom stereocenters. The molecule has 2 aromatic carbocycles. The van der Waals surface area contributed by atoms with Gasteiger partial charge in [0.25, 0.3) is 0 Å². The standard InChI is InChI=1S/C23H28N2O2/c1-17-4-7-21(12-18(17)2)27-16-23(26)9-3-11-25(15-23)14-19-5-6-20-8-10-24-22(20)13-19/h4-8,10,12-13,24,26H,3,9,11,14-16H2,1-2H3. The average Bonchev–Trinajstić information content (AvgIpc) is 3.11. The second-order valence-electron chi connectivity index (χ2n) is 7.97. The number of benzene rings is 2. The summed E-state index contributed by atoms with van der Waals surface area (Å²) in [7, 11) is 0. The molecule has 0 spiro atoms. The first kappa shape index (κ1) is 18.1. The second kappa shape index (κ2) is 7.37. The molecule has 0 amide bonds. The number of ether oxygens (including phenoxy) is 1. The number of nitrogens with zero attached hydrogens (tertiary/aromatic N) is 1. The van der Waals surface area contributed by atoms with Crippen molar-refractivity contribution >= 4 is 10.9 Å². The third kappa shape index (κ3) is 4.18. The molecule has 2 heterocycles. The Morgan fingerprint density at radius 1 is 1.11 bits per heavy atom. The predicted octanol–water partition coefficient (Wildman–Crippen LogP) is 4.19. The number of nitrogens with one attached hydrogen (secondary N) is 1. The van der Waals surface area contributed by atoms with Crippen LogP contribution in [0.15, 0.2) is 48.7 Å². The SMILES string of the molecule is Cc1ccc(OCC2(O)CCCN(Cc3ccc4cc[nH]c4c3)C2)cc1C. The largest absolute Gasteiger partial charge is 0.491 e. The summed E-state index contributed by atoms with van der Waals surface area (Å²) in [5, 5.41) is 12.3. The fraction of sp³-hybridized carbons (Fsp3) is 0.391. The Morgan fingerprint density at radius 2 is 2.00 bits per heavy atom. The van der Waals surface area contributed by atoms with E-state index in [-0.39, 0.29) is 0 Å². The van der Waals surface area contributed by atoms with Gasteiger partial charge in [0.2, 0.25) is 0 Å². The summed E-state index contributed by atoms with van der Waals surface area (Å²) in [5.41, 5.74) is 4.10. The first-order chi connectivity index (χ1) is 13.0. The van der Waals surface area contributed by atoms with Crippen LogP contribution in [0.4, 0.5) is 0 Å². The van der Waals surface area contributed by atoms with Crippen LogP contribution in [-0.4, -0.2) is 40.3 Å². The Balaban J connectivity index is 1.39. The van der Waals surface area contributed by atoms with Crippen molar-refractivity contribution in [3.05, 3.63) is 65.4 Å². The van der Waals surface area contributed by atoms with E-state index < -0.39 is 5.60 Å². The Bertz CT molecular complexity index is 933. The number of aryl methyl sites for hydroxylation is 2. The smallest absolute Gasteiger partial charge is 0.119 e. The van der Waals surface area contributed by atoms with Crippen LogP contribution in [0.3, 0.4) is 0 Å². The summed E-state index contributed by atoms with van der Waals surface area (Å²) in [4.78, 5) is 5.60. The van der Waals surface area contributed by atoms with E-state index in [1.54, 1.807) is 0 Å². The molecule has 1 aliphatic heterocycles. The van der Waals surface area contributed by atoms with Crippen molar-refractivity contribution in [3.8, 4) is 5.75 Å². The van der Waals surface area contributed by atoms with Crippen LogP contribution < -0.4 is 4.74 Å². The van der Waals surface area contributed by atoms with Crippen molar-refractivity contribution < 1.29 is 9.84 Å². The Labute approximate surface area is 160 Å². The van der Waals surface area contributed by atoms with Crippen LogP contribution >= 0.6 is 0 Å². The van der Waals surface area contributed by atoms with Crippen LogP contribution in [0, 0.1) is 13.8 Å². The molecule has 1 fully saturated rings. The zero-order valence-electron chi connectivity index (χ0n) is 16.2. The van der Waals surface area contributed by atoms with Crippen molar-refractivity contribution in [3.63, 3.8) is 0 Å². The number of aromatic nitrogens is 1. The van der Waals surface area contributed by atoms with Crippen LogP contribution in [0.25, 0.3) is 10.9 Å². The molecular weight excluding hydrogens is 336 g/mol. The lowest BCUT2D eigenvalue weighted by Crippen LogP contribution is -2.51. The van der Waals surface area contributed by atoms with Crippen LogP contribution in [0.2, 0.25) is 0 Å². The lowest BCUT2D eigenvalue weighted by atomic mass is 9.93. The average molecular weight is 364 g/mol. The Morgan fingerprint density at radius 3 is 2.85 bits per heavy atom. The zero-order valence-corrected chi connectivity index (χ0v) is 16.2. The normalized spacial score (nSPS) is 20.9. The number of rotatable bonds is 5. The number of fused-ring (bicyclic) bond motifs is 1. The first-order valence-electron chi connectivity index (χ1n) is 9.72. The summed E-state index contributed by atoms with van der Waals surface area (Å²) in [5.74, 6) is 0.834. The number of H-pyrrole nitrogens is 1. The number of β-amino-alcohol motifs (C(OH)–C–C–N with tert-alkyl or cyclic N) is 1. The lowest BCUT2D eigenvalue weighted by Gasteiger charge is -2.39. The van der Waals surface area contributed by atoms with Crippen LogP contribution in [0.5, 0.6) is 5.75 Å². The molecule has 27 heavy (non-hydrogen) atoms. The summed E-state index contributed by atoms with van der Waals surface area (Å²) < 4.78 is 5.95. The minimum absolute atomic E-state index is 0.335. The van der Waals surface area contributed by atoms with E-state index in [9.17, 15) is 5.11 Å². The van der Waals surface area contributed by atoms with Gasteiger partial charge in [0.1, 0.15) is 18.0 Å². The van der Waals surface area contributed by atoms with Gasteiger partial charge in [0.05, 0.1) is 0 Å². The zero-order chi connectivity index (χ0) is 18.9. The molecular formula is C23H28N2O2. The van der Waals surface area contributed by atoms with Crippen LogP contribution in [-0.2, 0) is 6.54 Å². The molecule has 0 bridgehead atoms. The number of aromatic amines is 1. The maximum atomic E-state index is 11.1. The van der Waals surface area contributed by atoms with Gasteiger partial charge >= 0.3 is 0 Å². The molecule has 4 nitrogen and oxygen atoms in total. The van der Waals surface area contributed by atoms with Gasteiger partial charge in [-0.05, 0) is 79.6 Å². The van der Waals surface area contributed by atoms with Crippen LogP contribution in [0.1, 0.15) is 29.5 Å². The number of hydrogen-bond donors (Lipinski definition) is 2. The number of piperidine rings is 1. The molecule has 3 aromatic rings. The molecule has 1 atom stereocenters. The van der Waals surface area contributed by atoms with Gasteiger partial charge in [-0.2, -0.15) is 0 Å². The van der Waals surface area contributed by atoms with Gasteiger partial charge < -0.3 is 14.8 Å². The maximum absolute atomic E-state index is 11.1. The molecule has 142 valence electrons. The van der Waals surface area contributed by atoms with Gasteiger partial charge in [-0.3, -0.25) is 4.90 Å². The van der Waals surface area contributed by atoms with Gasteiger partial charge in [-0.15, -0.1) is 0 Å². The second-order valence-corrected chi connectivity index (χ2v) is 7.97. The van der Waals surface area contributed by atoms with E-state index >= 15 is 0 Å². The highest BCUT2D eigenvalue weighted by molar-refractivity contribution is 5.79. The lowest BCUT2D eigenvalue weighted by molar-refractivity contribution is -0.0621. The molecule has 1 aromatic heterocycles. The van der Waals surface area contributed by atoms with Crippen molar-refractivity contribution in [2.24, 2.45) is 0 Å². The molecule has 4 rings (SSSR count). The molecule has 0 saturated carbocycles. The Kier molecular flexibility index (Phi) is 4.94. The predicted molar refractivity (Wildman–Crippen MR) is 109 cm³/mol. The summed E-state index contributed by atoms with van der Waals surface area (Å²) in [6.45, 7) is 7.01. The van der Waals surface area contributed by atoms with Gasteiger partial charge in [0.15, 0.2) is 0 Å². The van der Waals surface area contributed by atoms with Crippen molar-refractivity contribution in [1.29, 1.82) is 0 Å². The highest BCUT2D eigenvalue weighted by Crippen LogP contribution is 2.25.